The third kappa shape index (κ3) is 7.20. The van der Waals surface area contributed by atoms with Gasteiger partial charge in [0.05, 0.1) is 48.4 Å². The number of nitrogens with one attached hydrogen (secondary N) is 4. The van der Waals surface area contributed by atoms with Gasteiger partial charge in [-0.05, 0) is 104 Å². The van der Waals surface area contributed by atoms with Gasteiger partial charge < -0.3 is 44.6 Å². The number of imidazole rings is 2. The van der Waals surface area contributed by atoms with Crippen LogP contribution < -0.4 is 10.6 Å². The fourth-order valence-electron chi connectivity index (χ4n) is 10.1. The number of amides is 4. The fourth-order valence-corrected chi connectivity index (χ4v) is 10.1. The molecule has 5 aliphatic rings. The second-order valence-electron chi connectivity index (χ2n) is 17.7. The van der Waals surface area contributed by atoms with Crippen molar-refractivity contribution >= 4 is 56.8 Å². The lowest BCUT2D eigenvalue weighted by atomic mass is 9.90. The van der Waals surface area contributed by atoms with Gasteiger partial charge in [-0.2, -0.15) is 0 Å². The van der Waals surface area contributed by atoms with Crippen molar-refractivity contribution < 1.29 is 33.4 Å². The number of nitrogens with zero attached hydrogens (tertiary/aromatic N) is 4. The van der Waals surface area contributed by atoms with Crippen LogP contribution in [0.25, 0.3) is 32.8 Å². The Labute approximate surface area is 352 Å². The number of alkyl carbamates (subject to hydrolysis) is 2. The van der Waals surface area contributed by atoms with Gasteiger partial charge in [0.1, 0.15) is 23.7 Å². The third-order valence-electron chi connectivity index (χ3n) is 13.5. The number of methoxy groups -OCH3 is 2. The zero-order valence-corrected chi connectivity index (χ0v) is 34.7. The van der Waals surface area contributed by atoms with Gasteiger partial charge >= 0.3 is 12.2 Å². The molecule has 2 aromatic heterocycles. The van der Waals surface area contributed by atoms with Gasteiger partial charge in [0.2, 0.25) is 11.8 Å². The molecule has 3 aromatic carbocycles. The molecule has 5 heterocycles. The number of likely N-dealkylation sites (tertiary alicyclic amines) is 2. The molecule has 15 nitrogen and oxygen atoms in total. The van der Waals surface area contributed by atoms with Crippen LogP contribution in [0.3, 0.4) is 0 Å². The summed E-state index contributed by atoms with van der Waals surface area (Å²) < 4.78 is 15.3. The molecule has 4 amide bonds. The summed E-state index contributed by atoms with van der Waals surface area (Å²) in [6, 6.07) is 14.6. The van der Waals surface area contributed by atoms with Crippen LogP contribution in [0.5, 0.6) is 0 Å². The molecule has 5 fully saturated rings. The zero-order valence-electron chi connectivity index (χ0n) is 34.7. The van der Waals surface area contributed by atoms with Crippen molar-refractivity contribution in [2.45, 2.75) is 88.6 Å². The van der Waals surface area contributed by atoms with Crippen LogP contribution in [0, 0.1) is 35.5 Å². The molecule has 2 saturated carbocycles. The molecule has 0 radical (unpaired) electrons. The zero-order chi connectivity index (χ0) is 42.1. The van der Waals surface area contributed by atoms with Crippen LogP contribution >= 0.6 is 0 Å². The Bertz CT molecular complexity index is 2640. The van der Waals surface area contributed by atoms with Crippen molar-refractivity contribution in [3.8, 4) is 11.8 Å². The van der Waals surface area contributed by atoms with E-state index >= 15 is 0 Å². The fraction of sp³-hybridized carbons (Fsp3) is 0.478. The van der Waals surface area contributed by atoms with Gasteiger partial charge in [-0.15, -0.1) is 0 Å². The lowest BCUT2D eigenvalue weighted by Crippen LogP contribution is -2.54. The van der Waals surface area contributed by atoms with E-state index in [1.54, 1.807) is 0 Å². The molecule has 15 heteroatoms. The smallest absolute Gasteiger partial charge is 0.407 e. The SMILES string of the molecule is COC(=O)N[C@H](C(=O)N1[C@@H]2C[C@@H]2C[C@H]1c1nc2ccc(C#Cc3ccc4c(ccc5[nH]c([C@@H]6C[C@H]7C[C@H]7N6C(=O)[C@@H](NC(=O)OC)C6CCOCC6)nc54)c3)cc2[nH]1)C(C)C. The van der Waals surface area contributed by atoms with Crippen LogP contribution in [0.15, 0.2) is 48.5 Å². The van der Waals surface area contributed by atoms with E-state index in [1.165, 1.54) is 14.2 Å². The summed E-state index contributed by atoms with van der Waals surface area (Å²) in [5, 5.41) is 7.59. The van der Waals surface area contributed by atoms with Gasteiger partial charge in [0.25, 0.3) is 0 Å². The molecule has 61 heavy (non-hydrogen) atoms. The number of rotatable bonds is 8. The Morgan fingerprint density at radius 3 is 2.07 bits per heavy atom. The summed E-state index contributed by atoms with van der Waals surface area (Å²) in [5.41, 5.74) is 5.07. The van der Waals surface area contributed by atoms with E-state index in [0.29, 0.717) is 37.9 Å². The van der Waals surface area contributed by atoms with Crippen LogP contribution in [-0.2, 0) is 23.8 Å². The molecular formula is C46H50N8O7. The first kappa shape index (κ1) is 39.0. The topological polar surface area (TPSA) is 184 Å². The molecule has 8 atom stereocenters. The highest BCUT2D eigenvalue weighted by Crippen LogP contribution is 2.55. The predicted octanol–water partition coefficient (Wildman–Crippen LogP) is 5.85. The number of hydrogen-bond donors (Lipinski definition) is 4. The minimum Gasteiger partial charge on any atom is -0.453 e. The maximum atomic E-state index is 14.3. The lowest BCUT2D eigenvalue weighted by Gasteiger charge is -2.35. The van der Waals surface area contributed by atoms with Crippen molar-refractivity contribution in [3.63, 3.8) is 0 Å². The highest BCUT2D eigenvalue weighted by molar-refractivity contribution is 6.04. The molecule has 2 aliphatic carbocycles. The first-order valence-electron chi connectivity index (χ1n) is 21.4. The molecule has 3 saturated heterocycles. The van der Waals surface area contributed by atoms with E-state index in [4.69, 9.17) is 24.2 Å². The molecule has 316 valence electrons. The summed E-state index contributed by atoms with van der Waals surface area (Å²) in [6.45, 7) is 4.95. The van der Waals surface area contributed by atoms with E-state index in [-0.39, 0.29) is 47.8 Å². The Morgan fingerprint density at radius 2 is 1.38 bits per heavy atom. The van der Waals surface area contributed by atoms with Gasteiger partial charge in [0, 0.05) is 41.8 Å². The molecule has 5 aromatic rings. The van der Waals surface area contributed by atoms with E-state index < -0.39 is 24.3 Å². The molecule has 0 bridgehead atoms. The Balaban J connectivity index is 0.871. The molecule has 10 rings (SSSR count). The van der Waals surface area contributed by atoms with E-state index in [0.717, 1.165) is 81.3 Å². The van der Waals surface area contributed by atoms with Gasteiger partial charge in [-0.3, -0.25) is 9.59 Å². The predicted molar refractivity (Wildman–Crippen MR) is 225 cm³/mol. The highest BCUT2D eigenvalue weighted by atomic mass is 16.5. The number of aromatic nitrogens is 4. The van der Waals surface area contributed by atoms with Crippen LogP contribution in [0.2, 0.25) is 0 Å². The van der Waals surface area contributed by atoms with E-state index in [2.05, 4.69) is 50.6 Å². The van der Waals surface area contributed by atoms with Crippen LogP contribution in [-0.4, -0.2) is 105 Å². The first-order valence-corrected chi connectivity index (χ1v) is 21.4. The third-order valence-corrected chi connectivity index (χ3v) is 13.5. The standard InChI is InChI=1S/C46H50N8O7/c1-23(2)38(51-45(57)59-3)43(55)53-34-19-28(34)21-36(53)41-47-31-11-8-25(18-33(31)49-41)6-5-24-7-10-30-27(17-24)9-12-32-40(30)50-42(48-32)37-22-29-20-35(29)54(37)44(56)39(52-46(58)60-4)26-13-15-61-16-14-26/h7-12,17-18,23,26,28-29,34-39H,13-16,19-22H2,1-4H3,(H,47,49)(H,48,50)(H,51,57)(H,52,58)/t28-,29-,34-,35-,36+,37+,38+,39+/m1/s1. The minimum absolute atomic E-state index is 0.0307. The molecular weight excluding hydrogens is 777 g/mol. The monoisotopic (exact) mass is 826 g/mol. The van der Waals surface area contributed by atoms with Gasteiger partial charge in [-0.1, -0.05) is 37.8 Å². The van der Waals surface area contributed by atoms with E-state index in [1.807, 2.05) is 54.0 Å². The maximum absolute atomic E-state index is 14.3. The second-order valence-corrected chi connectivity index (χ2v) is 17.7. The van der Waals surface area contributed by atoms with Crippen molar-refractivity contribution in [2.24, 2.45) is 23.7 Å². The average molecular weight is 827 g/mol. The number of H-pyrrole nitrogens is 2. The molecule has 0 spiro atoms. The Hall–Kier alpha value is -6.14. The summed E-state index contributed by atoms with van der Waals surface area (Å²) >= 11 is 0. The summed E-state index contributed by atoms with van der Waals surface area (Å²) in [7, 11) is 2.62. The number of aromatic amines is 2. The van der Waals surface area contributed by atoms with Gasteiger partial charge in [-0.25, -0.2) is 19.6 Å². The van der Waals surface area contributed by atoms with E-state index in [9.17, 15) is 19.2 Å². The number of fused-ring (bicyclic) bond motifs is 6. The number of piperidine rings is 2. The lowest BCUT2D eigenvalue weighted by molar-refractivity contribution is -0.138. The molecule has 0 unspecified atom stereocenters. The maximum Gasteiger partial charge on any atom is 0.407 e. The Kier molecular flexibility index (Phi) is 9.85. The number of carbonyl (C=O) groups excluding carboxylic acids is 4. The normalized spacial score (nSPS) is 25.1. The van der Waals surface area contributed by atoms with Crippen molar-refractivity contribution in [1.29, 1.82) is 0 Å². The quantitative estimate of drug-likeness (QED) is 0.140. The number of benzene rings is 3. The first-order chi connectivity index (χ1) is 29.6. The number of hydrogen-bond acceptors (Lipinski definition) is 9. The summed E-state index contributed by atoms with van der Waals surface area (Å²) in [6.07, 6.45) is 3.75. The minimum atomic E-state index is -0.691. The molecule has 3 aliphatic heterocycles. The van der Waals surface area contributed by atoms with Crippen LogP contribution in [0.1, 0.15) is 87.2 Å². The summed E-state index contributed by atoms with van der Waals surface area (Å²) in [4.78, 5) is 73.6. The number of carbonyl (C=O) groups is 4. The number of ether oxygens (including phenoxy) is 3. The second kappa shape index (κ2) is 15.4. The van der Waals surface area contributed by atoms with Gasteiger partial charge in [0.15, 0.2) is 0 Å². The Morgan fingerprint density at radius 1 is 0.754 bits per heavy atom. The van der Waals surface area contributed by atoms with Crippen molar-refractivity contribution in [1.82, 2.24) is 40.4 Å². The molecule has 4 N–H and O–H groups in total. The highest BCUT2D eigenvalue weighted by Gasteiger charge is 2.57. The van der Waals surface area contributed by atoms with Crippen molar-refractivity contribution in [3.05, 3.63) is 71.3 Å². The largest absolute Gasteiger partial charge is 0.453 e. The van der Waals surface area contributed by atoms with Crippen LogP contribution in [0.4, 0.5) is 9.59 Å². The average Bonchev–Trinajstić information content (AvgIpc) is 3.93. The summed E-state index contributed by atoms with van der Waals surface area (Å²) in [5.74, 6) is 8.68. The van der Waals surface area contributed by atoms with Crippen molar-refractivity contribution in [2.75, 3.05) is 27.4 Å².